The molecule has 1 aliphatic rings. The first kappa shape index (κ1) is 17.0. The lowest BCUT2D eigenvalue weighted by atomic mass is 10.1. The van der Waals surface area contributed by atoms with Gasteiger partial charge < -0.3 is 4.74 Å². The molecule has 3 aromatic carbocycles. The molecule has 1 atom stereocenters. The first-order valence-electron chi connectivity index (χ1n) is 8.68. The van der Waals surface area contributed by atoms with Crippen molar-refractivity contribution in [1.29, 1.82) is 0 Å². The molecule has 0 fully saturated rings. The molecule has 0 aliphatic carbocycles. The van der Waals surface area contributed by atoms with Crippen molar-refractivity contribution in [2.75, 3.05) is 6.61 Å². The number of nitrogens with zero attached hydrogens (tertiary/aromatic N) is 1. The zero-order valence-corrected chi connectivity index (χ0v) is 16.0. The first-order valence-corrected chi connectivity index (χ1v) is 9.83. The van der Waals surface area contributed by atoms with Gasteiger partial charge in [-0.3, -0.25) is 0 Å². The van der Waals surface area contributed by atoms with Gasteiger partial charge in [-0.25, -0.2) is 9.20 Å². The van der Waals surface area contributed by atoms with Crippen molar-refractivity contribution in [2.45, 2.75) is 36.1 Å². The van der Waals surface area contributed by atoms with Gasteiger partial charge in [0.1, 0.15) is 6.61 Å². The quantitative estimate of drug-likeness (QED) is 0.666. The minimum Gasteiger partial charge on any atom is -0.475 e. The molecule has 26 heavy (non-hydrogen) atoms. The molecule has 0 unspecified atom stereocenters. The van der Waals surface area contributed by atoms with Crippen LogP contribution in [0.15, 0.2) is 75.4 Å². The summed E-state index contributed by atoms with van der Waals surface area (Å²) in [6.45, 7) is 6.64. The van der Waals surface area contributed by atoms with Gasteiger partial charge in [0.05, 0.1) is 26.8 Å². The van der Waals surface area contributed by atoms with E-state index in [9.17, 15) is 4.21 Å². The van der Waals surface area contributed by atoms with E-state index in [4.69, 9.17) is 9.73 Å². The molecule has 3 nitrogen and oxygen atoms in total. The SMILES string of the molecule is Cc1ccc([S@](=O)c2c(C3=NC(C)(C)CO3)ccc3ccccc23)cc1. The third-order valence-electron chi connectivity index (χ3n) is 4.50. The van der Waals surface area contributed by atoms with E-state index >= 15 is 0 Å². The summed E-state index contributed by atoms with van der Waals surface area (Å²) in [5.41, 5.74) is 1.70. The maximum absolute atomic E-state index is 13.5. The molecule has 4 heteroatoms. The van der Waals surface area contributed by atoms with Crippen LogP contribution < -0.4 is 0 Å². The van der Waals surface area contributed by atoms with Crippen LogP contribution >= 0.6 is 0 Å². The van der Waals surface area contributed by atoms with Gasteiger partial charge in [0.2, 0.25) is 5.90 Å². The normalized spacial score (nSPS) is 17.0. The Morgan fingerprint density at radius 2 is 1.73 bits per heavy atom. The Hall–Kier alpha value is -2.46. The fourth-order valence-corrected chi connectivity index (χ4v) is 4.47. The highest BCUT2D eigenvalue weighted by Gasteiger charge is 2.30. The maximum atomic E-state index is 13.5. The van der Waals surface area contributed by atoms with E-state index in [1.54, 1.807) is 0 Å². The van der Waals surface area contributed by atoms with Crippen molar-refractivity contribution in [3.63, 3.8) is 0 Å². The molecular formula is C22H21NO2S. The van der Waals surface area contributed by atoms with Crippen molar-refractivity contribution in [2.24, 2.45) is 4.99 Å². The minimum absolute atomic E-state index is 0.260. The van der Waals surface area contributed by atoms with Crippen LogP contribution in [0.25, 0.3) is 10.8 Å². The van der Waals surface area contributed by atoms with E-state index in [2.05, 4.69) is 0 Å². The zero-order chi connectivity index (χ0) is 18.3. The van der Waals surface area contributed by atoms with E-state index in [1.807, 2.05) is 81.4 Å². The average Bonchev–Trinajstić information content (AvgIpc) is 3.00. The van der Waals surface area contributed by atoms with Crippen molar-refractivity contribution in [3.05, 3.63) is 71.8 Å². The molecule has 3 aromatic rings. The predicted molar refractivity (Wildman–Crippen MR) is 106 cm³/mol. The Kier molecular flexibility index (Phi) is 4.16. The molecule has 0 saturated heterocycles. The van der Waals surface area contributed by atoms with Gasteiger partial charge in [-0.15, -0.1) is 0 Å². The lowest BCUT2D eigenvalue weighted by Gasteiger charge is -2.13. The summed E-state index contributed by atoms with van der Waals surface area (Å²) in [5, 5.41) is 2.03. The van der Waals surface area contributed by atoms with Gasteiger partial charge in [0, 0.05) is 4.90 Å². The number of hydrogen-bond acceptors (Lipinski definition) is 3. The Bertz CT molecular complexity index is 1040. The molecule has 1 aliphatic heterocycles. The summed E-state index contributed by atoms with van der Waals surface area (Å²) in [4.78, 5) is 6.26. The van der Waals surface area contributed by atoms with Crippen LogP contribution in [0, 0.1) is 6.92 Å². The molecule has 0 saturated carbocycles. The third-order valence-corrected chi connectivity index (χ3v) is 6.01. The van der Waals surface area contributed by atoms with Crippen molar-refractivity contribution in [3.8, 4) is 0 Å². The molecule has 132 valence electrons. The monoisotopic (exact) mass is 363 g/mol. The smallest absolute Gasteiger partial charge is 0.218 e. The summed E-state index contributed by atoms with van der Waals surface area (Å²) >= 11 is 0. The summed E-state index contributed by atoms with van der Waals surface area (Å²) < 4.78 is 19.4. The van der Waals surface area contributed by atoms with Crippen molar-refractivity contribution in [1.82, 2.24) is 0 Å². The Morgan fingerprint density at radius 1 is 1.00 bits per heavy atom. The fraction of sp³-hybridized carbons (Fsp3) is 0.227. The lowest BCUT2D eigenvalue weighted by molar-refractivity contribution is 0.279. The first-order chi connectivity index (χ1) is 12.4. The minimum atomic E-state index is -1.32. The van der Waals surface area contributed by atoms with Crippen LogP contribution in [0.3, 0.4) is 0 Å². The van der Waals surface area contributed by atoms with Crippen LogP contribution in [0.5, 0.6) is 0 Å². The molecular weight excluding hydrogens is 342 g/mol. The van der Waals surface area contributed by atoms with E-state index in [0.717, 1.165) is 31.7 Å². The Balaban J connectivity index is 1.95. The standard InChI is InChI=1S/C22H21NO2S/c1-15-8-11-17(12-9-15)26(24)20-18-7-5-4-6-16(18)10-13-19(20)21-23-22(2,3)14-25-21/h4-13H,14H2,1-3H3/t26-/m0/s1. The molecule has 0 radical (unpaired) electrons. The number of hydrogen-bond donors (Lipinski definition) is 0. The molecule has 0 bridgehead atoms. The highest BCUT2D eigenvalue weighted by atomic mass is 32.2. The number of fused-ring (bicyclic) bond motifs is 1. The van der Waals surface area contributed by atoms with Crippen LogP contribution in [0.1, 0.15) is 25.0 Å². The maximum Gasteiger partial charge on any atom is 0.218 e. The summed E-state index contributed by atoms with van der Waals surface area (Å²) in [5.74, 6) is 0.580. The Morgan fingerprint density at radius 3 is 2.42 bits per heavy atom. The van der Waals surface area contributed by atoms with Crippen molar-refractivity contribution < 1.29 is 8.95 Å². The predicted octanol–water partition coefficient (Wildman–Crippen LogP) is 4.87. The highest BCUT2D eigenvalue weighted by molar-refractivity contribution is 7.85. The van der Waals surface area contributed by atoms with Crippen LogP contribution in [0.2, 0.25) is 0 Å². The number of ether oxygens (including phenoxy) is 1. The third kappa shape index (κ3) is 3.06. The van der Waals surface area contributed by atoms with Gasteiger partial charge in [-0.1, -0.05) is 48.0 Å². The van der Waals surface area contributed by atoms with Crippen LogP contribution in [-0.2, 0) is 15.5 Å². The summed E-state index contributed by atoms with van der Waals surface area (Å²) in [7, 11) is -1.32. The van der Waals surface area contributed by atoms with Crippen LogP contribution in [-0.4, -0.2) is 22.3 Å². The molecule has 4 rings (SSSR count). The number of rotatable bonds is 3. The second-order valence-electron chi connectivity index (χ2n) is 7.26. The van der Waals surface area contributed by atoms with Crippen LogP contribution in [0.4, 0.5) is 0 Å². The molecule has 1 heterocycles. The van der Waals surface area contributed by atoms with E-state index in [0.29, 0.717) is 12.5 Å². The van der Waals surface area contributed by atoms with E-state index in [-0.39, 0.29) is 5.54 Å². The Labute approximate surface area is 156 Å². The number of aryl methyl sites for hydroxylation is 1. The van der Waals surface area contributed by atoms with Gasteiger partial charge >= 0.3 is 0 Å². The number of benzene rings is 3. The second kappa shape index (κ2) is 6.36. The zero-order valence-electron chi connectivity index (χ0n) is 15.2. The molecule has 0 amide bonds. The molecule has 0 aromatic heterocycles. The van der Waals surface area contributed by atoms with E-state index in [1.165, 1.54) is 0 Å². The second-order valence-corrected chi connectivity index (χ2v) is 8.68. The number of aliphatic imine (C=N–C) groups is 1. The molecule has 0 N–H and O–H groups in total. The molecule has 0 spiro atoms. The topological polar surface area (TPSA) is 38.7 Å². The van der Waals surface area contributed by atoms with Gasteiger partial charge in [-0.05, 0) is 49.7 Å². The van der Waals surface area contributed by atoms with Gasteiger partial charge in [-0.2, -0.15) is 0 Å². The highest BCUT2D eigenvalue weighted by Crippen LogP contribution is 2.32. The van der Waals surface area contributed by atoms with Crippen molar-refractivity contribution >= 4 is 27.5 Å². The largest absolute Gasteiger partial charge is 0.475 e. The van der Waals surface area contributed by atoms with E-state index < -0.39 is 10.8 Å². The lowest BCUT2D eigenvalue weighted by Crippen LogP contribution is -2.17. The van der Waals surface area contributed by atoms with Gasteiger partial charge in [0.15, 0.2) is 0 Å². The summed E-state index contributed by atoms with van der Waals surface area (Å²) in [6, 6.07) is 19.9. The fourth-order valence-electron chi connectivity index (χ4n) is 3.11. The van der Waals surface area contributed by atoms with Gasteiger partial charge in [0.25, 0.3) is 0 Å². The average molecular weight is 363 g/mol. The summed E-state index contributed by atoms with van der Waals surface area (Å²) in [6.07, 6.45) is 0.